The molecular weight excluding hydrogens is 2090 g/mol. The molecule has 16 saturated carbocycles. The molecule has 16 fully saturated rings. The molecule has 16 aliphatic carbocycles. The van der Waals surface area contributed by atoms with Gasteiger partial charge in [0, 0.05) is 126 Å². The molecule has 16 bridgehead atoms. The summed E-state index contributed by atoms with van der Waals surface area (Å²) >= 11 is 0. The number of hydrogen-bond donors (Lipinski definition) is 2. The molecule has 24 rings (SSSR count). The smallest absolute Gasteiger partial charge is 0.105 e. The Morgan fingerprint density at radius 2 is 0.688 bits per heavy atom. The second-order valence-corrected chi connectivity index (χ2v) is 40.9. The van der Waals surface area contributed by atoms with E-state index < -0.39 is 12.2 Å². The Bertz CT molecular complexity index is 4130. The number of aliphatic hydroxyl groups is 2. The minimum absolute atomic E-state index is 0. The average Bonchev–Trinajstić information content (AvgIpc) is 0.751. The van der Waals surface area contributed by atoms with Crippen molar-refractivity contribution in [3.05, 3.63) is 193 Å². The molecule has 606 valence electrons. The first-order valence-corrected chi connectivity index (χ1v) is 42.3. The van der Waals surface area contributed by atoms with Gasteiger partial charge in [-0.25, -0.2) is 19.9 Å². The van der Waals surface area contributed by atoms with E-state index in [1.807, 2.05) is 65.8 Å². The van der Waals surface area contributed by atoms with E-state index in [4.69, 9.17) is 9.97 Å². The first-order valence-electron chi connectivity index (χ1n) is 42.3. The minimum Gasteiger partial charge on any atom is -0.392 e. The van der Waals surface area contributed by atoms with E-state index in [2.05, 4.69) is 174 Å². The van der Waals surface area contributed by atoms with Crippen LogP contribution in [0, 0.1) is 106 Å². The molecule has 0 spiro atoms. The number of aliphatic hydroxyl groups excluding tert-OH is 2. The number of hydrogen-bond acceptors (Lipinski definition) is 10. The minimum atomic E-state index is -0.443. The first kappa shape index (κ1) is 87.0. The van der Waals surface area contributed by atoms with Gasteiger partial charge in [0.05, 0.1) is 12.2 Å². The van der Waals surface area contributed by atoms with Crippen LogP contribution in [-0.4, -0.2) is 62.3 Å². The Labute approximate surface area is 725 Å². The molecule has 0 saturated heterocycles. The Balaban J connectivity index is 0.000000131. The standard InChI is InChI=1S/C24H29N2.C23H27N2.2C20H21N2.C11H24O2.4Ir/c1-23(2,3)22-11-21(25-15-26-22)19-5-4-6-20(10-19)24-12-16-7-17(13-24)9-18(8-16)14-24;1-15(2)21-10-22(25-14-24-21)19-3-5-20(6-4-19)23-11-16-7-17(12-23)9-18(8-16)13-23;2*1-2-4-17(5-3-1)18-9-19(22-13-21-18)20-10-14-6-15(11-20)8-16(7-14)12-20;1-10(2,3)8(12)7-9(13)11(4,5)6;;;;/h4,6,10-11,15-18H,7-9,12-14H2,1-3H3;3,5-6,10,14-18H,7-9,11-13H2,1-2H3;2*1-4,9,13-16H,6-8,10-12H2;8-9,12-13H,7H2,1-6H3;;;;/q4*-1;;;;;. The van der Waals surface area contributed by atoms with Crippen molar-refractivity contribution in [3.8, 4) is 45.0 Å². The average molecular weight is 2210 g/mol. The van der Waals surface area contributed by atoms with Gasteiger partial charge in [-0.2, -0.15) is 0 Å². The van der Waals surface area contributed by atoms with E-state index in [0.29, 0.717) is 34.0 Å². The van der Waals surface area contributed by atoms with Crippen molar-refractivity contribution < 1.29 is 90.6 Å². The molecule has 4 aromatic heterocycles. The van der Waals surface area contributed by atoms with Crippen molar-refractivity contribution in [2.24, 2.45) is 81.8 Å². The maximum Gasteiger partial charge on any atom is 0.105 e. The summed E-state index contributed by atoms with van der Waals surface area (Å²) in [6, 6.07) is 52.3. The van der Waals surface area contributed by atoms with E-state index in [1.165, 1.54) is 171 Å². The summed E-state index contributed by atoms with van der Waals surface area (Å²) in [6.07, 6.45) is 40.9. The van der Waals surface area contributed by atoms with Gasteiger partial charge in [0.15, 0.2) is 0 Å². The maximum atomic E-state index is 9.76. The first-order chi connectivity index (χ1) is 51.7. The summed E-state index contributed by atoms with van der Waals surface area (Å²) in [5.74, 6) is 12.0. The van der Waals surface area contributed by atoms with Gasteiger partial charge < -0.3 is 10.2 Å². The summed E-state index contributed by atoms with van der Waals surface area (Å²) in [6.45, 7) is 22.8. The number of aromatic nitrogens is 8. The predicted octanol–water partition coefficient (Wildman–Crippen LogP) is 22.2. The summed E-state index contributed by atoms with van der Waals surface area (Å²) in [7, 11) is 0. The molecule has 112 heavy (non-hydrogen) atoms. The van der Waals surface area contributed by atoms with Gasteiger partial charge in [0.1, 0.15) is 25.3 Å². The van der Waals surface area contributed by atoms with Crippen molar-refractivity contribution in [2.75, 3.05) is 0 Å². The molecule has 2 atom stereocenters. The molecule has 4 radical (unpaired) electrons. The fourth-order valence-electron chi connectivity index (χ4n) is 25.0. The number of nitrogens with zero attached hydrogens (tertiary/aromatic N) is 8. The third-order valence-electron chi connectivity index (χ3n) is 29.1. The van der Waals surface area contributed by atoms with Crippen molar-refractivity contribution in [1.82, 2.24) is 39.9 Å². The van der Waals surface area contributed by atoms with Gasteiger partial charge in [0.2, 0.25) is 0 Å². The fourth-order valence-corrected chi connectivity index (χ4v) is 25.0. The van der Waals surface area contributed by atoms with Gasteiger partial charge in [-0.05, 0) is 275 Å². The third-order valence-corrected chi connectivity index (χ3v) is 29.1. The summed E-state index contributed by atoms with van der Waals surface area (Å²) < 4.78 is 0. The monoisotopic (exact) mass is 2210 g/mol. The van der Waals surface area contributed by atoms with Crippen molar-refractivity contribution in [2.45, 2.75) is 282 Å². The molecule has 10 nitrogen and oxygen atoms in total. The van der Waals surface area contributed by atoms with E-state index in [9.17, 15) is 10.2 Å². The van der Waals surface area contributed by atoms with Crippen LogP contribution in [0.1, 0.15) is 277 Å². The van der Waals surface area contributed by atoms with Crippen LogP contribution in [0.15, 0.2) is 135 Å². The topological polar surface area (TPSA) is 144 Å². The normalized spacial score (nSPS) is 31.2. The molecule has 4 heterocycles. The van der Waals surface area contributed by atoms with Gasteiger partial charge in [-0.3, -0.25) is 19.9 Å². The molecule has 2 N–H and O–H groups in total. The molecule has 0 aliphatic heterocycles. The van der Waals surface area contributed by atoms with Gasteiger partial charge in [-0.1, -0.05) is 100 Å². The Morgan fingerprint density at radius 1 is 0.348 bits per heavy atom. The molecule has 16 aliphatic rings. The van der Waals surface area contributed by atoms with E-state index in [1.54, 1.807) is 30.9 Å². The Kier molecular flexibility index (Phi) is 27.5. The van der Waals surface area contributed by atoms with Crippen LogP contribution in [0.2, 0.25) is 0 Å². The summed E-state index contributed by atoms with van der Waals surface area (Å²) in [5, 5.41) is 19.5. The largest absolute Gasteiger partial charge is 0.392 e. The van der Waals surface area contributed by atoms with Crippen molar-refractivity contribution in [1.29, 1.82) is 0 Å². The van der Waals surface area contributed by atoms with Crippen LogP contribution >= 0.6 is 0 Å². The Hall–Kier alpha value is -4.28. The zero-order valence-electron chi connectivity index (χ0n) is 68.3. The van der Waals surface area contributed by atoms with Crippen LogP contribution in [0.25, 0.3) is 45.0 Å². The van der Waals surface area contributed by atoms with Crippen LogP contribution in [0.4, 0.5) is 0 Å². The van der Waals surface area contributed by atoms with E-state index >= 15 is 0 Å². The van der Waals surface area contributed by atoms with Gasteiger partial charge >= 0.3 is 0 Å². The van der Waals surface area contributed by atoms with Gasteiger partial charge in [0.25, 0.3) is 0 Å². The SMILES string of the molecule is CC(C)(C)C(O)CC(O)C(C)(C)C.CC(C)(C)c1cc(-c2[c-]ccc(C34CC5CC(CC(C5)C3)C4)c2)ncn1.CC(C)c1cc(-c2[c-]cc(C34CC5CC(CC(C5)C3)C4)cc2)ncn1.[Ir].[Ir].[Ir].[Ir].[c-]1ccccc1-c1cc(C23CC4CC(CC(C4)C2)C3)ncn1.[c-]1ccccc1-c1cc(C23CC4CC(CC(C4)C2)C3)ncn1. The van der Waals surface area contributed by atoms with Crippen molar-refractivity contribution in [3.63, 3.8) is 0 Å². The molecule has 4 aromatic carbocycles. The van der Waals surface area contributed by atoms with E-state index in [-0.39, 0.29) is 96.7 Å². The maximum absolute atomic E-state index is 9.76. The zero-order chi connectivity index (χ0) is 75.0. The van der Waals surface area contributed by atoms with Gasteiger partial charge in [-0.15, -0.1) is 143 Å². The number of benzene rings is 4. The third kappa shape index (κ3) is 19.2. The van der Waals surface area contributed by atoms with Crippen LogP contribution in [-0.2, 0) is 107 Å². The fraction of sp³-hybridized carbons (Fsp3) is 0.592. The molecule has 2 unspecified atom stereocenters. The van der Waals surface area contributed by atoms with Crippen LogP contribution in [0.3, 0.4) is 0 Å². The molecule has 14 heteroatoms. The van der Waals surface area contributed by atoms with Crippen LogP contribution in [0.5, 0.6) is 0 Å². The van der Waals surface area contributed by atoms with Crippen molar-refractivity contribution >= 4 is 0 Å². The second kappa shape index (κ2) is 35.3. The quantitative estimate of drug-likeness (QED) is 0.120. The molecule has 0 amide bonds. The van der Waals surface area contributed by atoms with E-state index in [0.717, 1.165) is 127 Å². The Morgan fingerprint density at radius 3 is 1.04 bits per heavy atom. The molecule has 8 aromatic rings. The zero-order valence-corrected chi connectivity index (χ0v) is 77.9. The predicted molar refractivity (Wildman–Crippen MR) is 433 cm³/mol. The number of rotatable bonds is 11. The summed E-state index contributed by atoms with van der Waals surface area (Å²) in [4.78, 5) is 36.4. The summed E-state index contributed by atoms with van der Waals surface area (Å²) in [5.41, 5.74) is 17.6. The second-order valence-electron chi connectivity index (χ2n) is 40.9. The molecular formula is C98H122Ir4N8O2-4. The van der Waals surface area contributed by atoms with Crippen LogP contribution < -0.4 is 0 Å².